The summed E-state index contributed by atoms with van der Waals surface area (Å²) in [6, 6.07) is 0. The Morgan fingerprint density at radius 3 is 2.64 bits per heavy atom. The van der Waals surface area contributed by atoms with Crippen LogP contribution in [-0.4, -0.2) is 19.7 Å². The minimum Gasteiger partial charge on any atom is -0.338 e. The van der Waals surface area contributed by atoms with E-state index in [1.807, 2.05) is 20.8 Å². The molecule has 0 aliphatic rings. The fourth-order valence-electron chi connectivity index (χ4n) is 2.15. The van der Waals surface area contributed by atoms with Crippen molar-refractivity contribution >= 4 is 33.3 Å². The van der Waals surface area contributed by atoms with Gasteiger partial charge in [-0.05, 0) is 33.3 Å². The highest BCUT2D eigenvalue weighted by molar-refractivity contribution is 7.99. The lowest BCUT2D eigenvalue weighted by Gasteiger charge is -2.10. The van der Waals surface area contributed by atoms with E-state index in [0.717, 1.165) is 20.7 Å². The van der Waals surface area contributed by atoms with Crippen LogP contribution in [0.3, 0.4) is 0 Å². The molecule has 0 saturated heterocycles. The summed E-state index contributed by atoms with van der Waals surface area (Å²) in [5.74, 6) is 1.14. The van der Waals surface area contributed by atoms with Crippen LogP contribution in [0.1, 0.15) is 34.3 Å². The van der Waals surface area contributed by atoms with E-state index >= 15 is 0 Å². The Balaban J connectivity index is 2.04. The summed E-state index contributed by atoms with van der Waals surface area (Å²) >= 11 is 3.00. The van der Waals surface area contributed by atoms with Crippen LogP contribution in [0.15, 0.2) is 14.5 Å². The molecule has 0 spiro atoms. The molecule has 3 aromatic heterocycles. The van der Waals surface area contributed by atoms with Crippen molar-refractivity contribution in [2.75, 3.05) is 0 Å². The summed E-state index contributed by atoms with van der Waals surface area (Å²) < 4.78 is 6.77. The maximum Gasteiger partial charge on any atom is 0.262 e. The molecule has 0 fully saturated rings. The number of thiophene rings is 1. The molecule has 6 nitrogen and oxygen atoms in total. The molecular formula is C14H16N4O2S2. The molecule has 3 heterocycles. The Labute approximate surface area is 135 Å². The first kappa shape index (κ1) is 15.2. The van der Waals surface area contributed by atoms with E-state index in [1.165, 1.54) is 11.8 Å². The van der Waals surface area contributed by atoms with E-state index in [-0.39, 0.29) is 10.8 Å². The van der Waals surface area contributed by atoms with Gasteiger partial charge in [-0.3, -0.25) is 9.36 Å². The van der Waals surface area contributed by atoms with Gasteiger partial charge in [0.1, 0.15) is 4.83 Å². The maximum atomic E-state index is 12.6. The van der Waals surface area contributed by atoms with Gasteiger partial charge in [-0.2, -0.15) is 4.98 Å². The van der Waals surface area contributed by atoms with Crippen LogP contribution in [0.25, 0.3) is 10.2 Å². The lowest BCUT2D eigenvalue weighted by atomic mass is 10.2. The minimum absolute atomic E-state index is 0.0109. The molecule has 0 saturated carbocycles. The van der Waals surface area contributed by atoms with Crippen LogP contribution in [0, 0.1) is 20.8 Å². The highest BCUT2D eigenvalue weighted by Crippen LogP contribution is 2.34. The number of aromatic nitrogens is 4. The lowest BCUT2D eigenvalue weighted by Crippen LogP contribution is -2.20. The molecule has 8 heteroatoms. The predicted molar refractivity (Wildman–Crippen MR) is 87.6 cm³/mol. The Kier molecular flexibility index (Phi) is 3.82. The molecule has 1 atom stereocenters. The summed E-state index contributed by atoms with van der Waals surface area (Å²) in [4.78, 5) is 23.4. The number of hydrogen-bond donors (Lipinski definition) is 0. The standard InChI is InChI=1S/C14H16N4O2S2/c1-6-7(2)21-12-10(6)13(19)18(5)14(16-12)22-8(3)11-15-9(4)17-20-11/h8H,1-5H3. The van der Waals surface area contributed by atoms with Crippen molar-refractivity contribution in [1.82, 2.24) is 19.7 Å². The number of thioether (sulfide) groups is 1. The number of fused-ring (bicyclic) bond motifs is 1. The van der Waals surface area contributed by atoms with E-state index in [9.17, 15) is 4.79 Å². The van der Waals surface area contributed by atoms with Gasteiger partial charge in [0.25, 0.3) is 5.56 Å². The van der Waals surface area contributed by atoms with Crippen LogP contribution in [0.5, 0.6) is 0 Å². The molecule has 0 aliphatic carbocycles. The van der Waals surface area contributed by atoms with E-state index < -0.39 is 0 Å². The Hall–Kier alpha value is -1.67. The summed E-state index contributed by atoms with van der Waals surface area (Å²) in [7, 11) is 1.75. The van der Waals surface area contributed by atoms with Crippen LogP contribution in [0.4, 0.5) is 0 Å². The lowest BCUT2D eigenvalue weighted by molar-refractivity contribution is 0.376. The number of hydrogen-bond acceptors (Lipinski definition) is 7. The van der Waals surface area contributed by atoms with Crippen molar-refractivity contribution in [1.29, 1.82) is 0 Å². The van der Waals surface area contributed by atoms with Gasteiger partial charge in [-0.1, -0.05) is 16.9 Å². The molecule has 0 amide bonds. The van der Waals surface area contributed by atoms with Crippen LogP contribution < -0.4 is 5.56 Å². The molecular weight excluding hydrogens is 320 g/mol. The summed E-state index contributed by atoms with van der Waals surface area (Å²) in [5.41, 5.74) is 1.01. The van der Waals surface area contributed by atoms with Crippen molar-refractivity contribution in [3.63, 3.8) is 0 Å². The SMILES string of the molecule is Cc1noc(C(C)Sc2nc3sc(C)c(C)c3c(=O)n2C)n1. The van der Waals surface area contributed by atoms with Gasteiger partial charge in [0, 0.05) is 11.9 Å². The number of rotatable bonds is 3. The Morgan fingerprint density at radius 2 is 2.00 bits per heavy atom. The van der Waals surface area contributed by atoms with E-state index in [2.05, 4.69) is 15.1 Å². The molecule has 3 aromatic rings. The third-order valence-corrected chi connectivity index (χ3v) is 5.77. The summed E-state index contributed by atoms with van der Waals surface area (Å²) in [5, 5.41) is 5.10. The van der Waals surface area contributed by atoms with Crippen LogP contribution >= 0.6 is 23.1 Å². The third kappa shape index (κ3) is 2.46. The van der Waals surface area contributed by atoms with Crippen molar-refractivity contribution in [3.05, 3.63) is 32.5 Å². The first-order valence-electron chi connectivity index (χ1n) is 6.82. The van der Waals surface area contributed by atoms with E-state index in [0.29, 0.717) is 16.9 Å². The zero-order valence-electron chi connectivity index (χ0n) is 13.0. The molecule has 3 rings (SSSR count). The van der Waals surface area contributed by atoms with Crippen molar-refractivity contribution in [2.24, 2.45) is 7.05 Å². The molecule has 1 unspecified atom stereocenters. The molecule has 0 N–H and O–H groups in total. The van der Waals surface area contributed by atoms with Crippen molar-refractivity contribution in [3.8, 4) is 0 Å². The van der Waals surface area contributed by atoms with Gasteiger partial charge in [-0.15, -0.1) is 11.3 Å². The van der Waals surface area contributed by atoms with E-state index in [4.69, 9.17) is 4.52 Å². The van der Waals surface area contributed by atoms with E-state index in [1.54, 1.807) is 29.9 Å². The molecule has 0 aromatic carbocycles. The van der Waals surface area contributed by atoms with Crippen molar-refractivity contribution < 1.29 is 4.52 Å². The average Bonchev–Trinajstić information content (AvgIpc) is 3.01. The zero-order valence-corrected chi connectivity index (χ0v) is 14.6. The van der Waals surface area contributed by atoms with Gasteiger partial charge in [0.2, 0.25) is 5.89 Å². The largest absolute Gasteiger partial charge is 0.338 e. The van der Waals surface area contributed by atoms with Gasteiger partial charge in [0.15, 0.2) is 11.0 Å². The van der Waals surface area contributed by atoms with Crippen LogP contribution in [0.2, 0.25) is 0 Å². The molecule has 22 heavy (non-hydrogen) atoms. The van der Waals surface area contributed by atoms with Crippen LogP contribution in [-0.2, 0) is 7.05 Å². The second kappa shape index (κ2) is 5.51. The first-order valence-corrected chi connectivity index (χ1v) is 8.51. The molecule has 0 aliphatic heterocycles. The fraction of sp³-hybridized carbons (Fsp3) is 0.429. The van der Waals surface area contributed by atoms with Gasteiger partial charge in [0.05, 0.1) is 10.6 Å². The number of aryl methyl sites for hydroxylation is 3. The Bertz CT molecular complexity index is 910. The minimum atomic E-state index is -0.0705. The maximum absolute atomic E-state index is 12.6. The van der Waals surface area contributed by atoms with Crippen molar-refractivity contribution in [2.45, 2.75) is 38.1 Å². The smallest absolute Gasteiger partial charge is 0.262 e. The van der Waals surface area contributed by atoms with Gasteiger partial charge < -0.3 is 4.52 Å². The third-order valence-electron chi connectivity index (χ3n) is 3.54. The molecule has 0 bridgehead atoms. The quantitative estimate of drug-likeness (QED) is 0.540. The average molecular weight is 336 g/mol. The van der Waals surface area contributed by atoms with Gasteiger partial charge >= 0.3 is 0 Å². The highest BCUT2D eigenvalue weighted by Gasteiger charge is 2.20. The second-order valence-corrected chi connectivity index (χ2v) is 7.67. The predicted octanol–water partition coefficient (Wildman–Crippen LogP) is 3.16. The number of nitrogens with zero attached hydrogens (tertiary/aromatic N) is 4. The second-order valence-electron chi connectivity index (χ2n) is 5.16. The summed E-state index contributed by atoms with van der Waals surface area (Å²) in [6.07, 6.45) is 0. The highest BCUT2D eigenvalue weighted by atomic mass is 32.2. The molecule has 116 valence electrons. The summed E-state index contributed by atoms with van der Waals surface area (Å²) in [6.45, 7) is 7.71. The Morgan fingerprint density at radius 1 is 1.27 bits per heavy atom. The first-order chi connectivity index (χ1) is 10.4. The normalized spacial score (nSPS) is 13.0. The fourth-order valence-corrected chi connectivity index (χ4v) is 4.12. The topological polar surface area (TPSA) is 73.8 Å². The monoisotopic (exact) mass is 336 g/mol. The molecule has 0 radical (unpaired) electrons. The zero-order chi connectivity index (χ0) is 16.0. The van der Waals surface area contributed by atoms with Gasteiger partial charge in [-0.25, -0.2) is 4.98 Å².